The second kappa shape index (κ2) is 7.73. The molecule has 0 spiro atoms. The molecule has 0 saturated carbocycles. The van der Waals surface area contributed by atoms with Crippen LogP contribution in [0.3, 0.4) is 0 Å². The Morgan fingerprint density at radius 3 is 2.57 bits per heavy atom. The molecule has 0 bridgehead atoms. The van der Waals surface area contributed by atoms with Gasteiger partial charge in [-0.1, -0.05) is 0 Å². The third-order valence-electron chi connectivity index (χ3n) is 5.67. The molecule has 1 unspecified atom stereocenters. The van der Waals surface area contributed by atoms with Crippen LogP contribution in [-0.4, -0.2) is 44.4 Å². The van der Waals surface area contributed by atoms with Crippen molar-refractivity contribution in [3.63, 3.8) is 0 Å². The molecule has 158 valence electrons. The van der Waals surface area contributed by atoms with E-state index < -0.39 is 10.0 Å². The van der Waals surface area contributed by atoms with Crippen LogP contribution in [0.5, 0.6) is 0 Å². The highest BCUT2D eigenvalue weighted by molar-refractivity contribution is 7.89. The number of anilines is 2. The van der Waals surface area contributed by atoms with E-state index in [1.807, 2.05) is 11.8 Å². The smallest absolute Gasteiger partial charge is 0.257 e. The van der Waals surface area contributed by atoms with Gasteiger partial charge >= 0.3 is 0 Å². The first-order chi connectivity index (χ1) is 14.3. The molecule has 2 aromatic rings. The fourth-order valence-corrected chi connectivity index (χ4v) is 4.71. The molecule has 30 heavy (non-hydrogen) atoms. The van der Waals surface area contributed by atoms with Crippen LogP contribution in [0.15, 0.2) is 47.4 Å². The maximum Gasteiger partial charge on any atom is 0.257 e. The van der Waals surface area contributed by atoms with Crippen LogP contribution < -0.4 is 15.4 Å². The summed E-state index contributed by atoms with van der Waals surface area (Å²) in [5, 5.41) is 7.85. The molecule has 0 radical (unpaired) electrons. The van der Waals surface area contributed by atoms with E-state index >= 15 is 0 Å². The van der Waals surface area contributed by atoms with Crippen LogP contribution in [-0.2, 0) is 10.0 Å². The number of carbonyl (C=O) groups excluding carboxylic acids is 2. The van der Waals surface area contributed by atoms with Crippen LogP contribution >= 0.6 is 0 Å². The summed E-state index contributed by atoms with van der Waals surface area (Å²) < 4.78 is 22.7. The monoisotopic (exact) mass is 428 g/mol. The standard InChI is InChI=1S/C21H24N4O4S/c1-2-24-18-13-14(6-11-17(18)21(27)25-12-4-3-5-19(24)25)20(26)23-15-7-9-16(10-8-15)30(22,28)29/h6-11,13,19H,2-5,12H2,1H3,(H,23,26)(H2,22,28,29). The van der Waals surface area contributed by atoms with Gasteiger partial charge in [-0.15, -0.1) is 0 Å². The summed E-state index contributed by atoms with van der Waals surface area (Å²) in [7, 11) is -3.79. The summed E-state index contributed by atoms with van der Waals surface area (Å²) in [5.41, 5.74) is 2.28. The topological polar surface area (TPSA) is 113 Å². The average molecular weight is 429 g/mol. The average Bonchev–Trinajstić information content (AvgIpc) is 2.73. The predicted octanol–water partition coefficient (Wildman–Crippen LogP) is 2.38. The minimum absolute atomic E-state index is 0.0185. The van der Waals surface area contributed by atoms with Crippen molar-refractivity contribution in [2.75, 3.05) is 23.3 Å². The first kappa shape index (κ1) is 20.4. The van der Waals surface area contributed by atoms with E-state index in [0.717, 1.165) is 38.0 Å². The number of piperidine rings is 1. The van der Waals surface area contributed by atoms with Crippen molar-refractivity contribution in [2.45, 2.75) is 37.2 Å². The summed E-state index contributed by atoms with van der Waals surface area (Å²) in [5.74, 6) is -0.319. The Hall–Kier alpha value is -2.91. The predicted molar refractivity (Wildman–Crippen MR) is 114 cm³/mol. The van der Waals surface area contributed by atoms with Gasteiger partial charge in [-0.05, 0) is 68.7 Å². The molecular weight excluding hydrogens is 404 g/mol. The molecule has 1 atom stereocenters. The quantitative estimate of drug-likeness (QED) is 0.776. The number of nitrogens with one attached hydrogen (secondary N) is 1. The van der Waals surface area contributed by atoms with Gasteiger partial charge in [0, 0.05) is 24.3 Å². The number of hydrogen-bond acceptors (Lipinski definition) is 5. The zero-order valence-electron chi connectivity index (χ0n) is 16.7. The maximum atomic E-state index is 12.9. The molecule has 2 heterocycles. The Bertz CT molecular complexity index is 1100. The van der Waals surface area contributed by atoms with E-state index in [1.165, 1.54) is 24.3 Å². The van der Waals surface area contributed by atoms with Gasteiger partial charge in [0.05, 0.1) is 16.1 Å². The minimum Gasteiger partial charge on any atom is -0.351 e. The van der Waals surface area contributed by atoms with E-state index in [2.05, 4.69) is 10.2 Å². The number of sulfonamides is 1. The van der Waals surface area contributed by atoms with Gasteiger partial charge in [-0.3, -0.25) is 9.59 Å². The van der Waals surface area contributed by atoms with Crippen LogP contribution in [0, 0.1) is 0 Å². The second-order valence-corrected chi connectivity index (χ2v) is 9.08. The van der Waals surface area contributed by atoms with Crippen molar-refractivity contribution in [3.8, 4) is 0 Å². The third kappa shape index (κ3) is 3.66. The maximum absolute atomic E-state index is 12.9. The van der Waals surface area contributed by atoms with Gasteiger partial charge in [0.25, 0.3) is 11.8 Å². The number of nitrogens with zero attached hydrogens (tertiary/aromatic N) is 2. The van der Waals surface area contributed by atoms with Crippen molar-refractivity contribution in [1.29, 1.82) is 0 Å². The normalized spacial score (nSPS) is 18.6. The lowest BCUT2D eigenvalue weighted by Gasteiger charge is -2.47. The number of benzene rings is 2. The lowest BCUT2D eigenvalue weighted by atomic mass is 9.97. The fraction of sp³-hybridized carbons (Fsp3) is 0.333. The highest BCUT2D eigenvalue weighted by Crippen LogP contribution is 2.35. The summed E-state index contributed by atoms with van der Waals surface area (Å²) in [6.45, 7) is 3.55. The van der Waals surface area contributed by atoms with E-state index in [-0.39, 0.29) is 22.9 Å². The molecule has 2 aliphatic rings. The Morgan fingerprint density at radius 2 is 1.90 bits per heavy atom. The molecule has 4 rings (SSSR count). The third-order valence-corrected chi connectivity index (χ3v) is 6.60. The van der Waals surface area contributed by atoms with Gasteiger partial charge in [-0.2, -0.15) is 0 Å². The SMILES string of the molecule is CCN1c2cc(C(=O)Nc3ccc(S(N)(=O)=O)cc3)ccc2C(=O)N2CCCCC21. The highest BCUT2D eigenvalue weighted by Gasteiger charge is 2.38. The van der Waals surface area contributed by atoms with Gasteiger partial charge in [0.15, 0.2) is 0 Å². The van der Waals surface area contributed by atoms with Crippen LogP contribution in [0.2, 0.25) is 0 Å². The van der Waals surface area contributed by atoms with Crippen molar-refractivity contribution in [1.82, 2.24) is 4.90 Å². The number of carbonyl (C=O) groups is 2. The Labute approximate surface area is 175 Å². The molecular formula is C21H24N4O4S. The first-order valence-electron chi connectivity index (χ1n) is 9.95. The van der Waals surface area contributed by atoms with Gasteiger partial charge in [-0.25, -0.2) is 13.6 Å². The van der Waals surface area contributed by atoms with E-state index in [1.54, 1.807) is 18.2 Å². The number of fused-ring (bicyclic) bond motifs is 2. The first-order valence-corrected chi connectivity index (χ1v) is 11.5. The molecule has 1 saturated heterocycles. The van der Waals surface area contributed by atoms with E-state index in [0.29, 0.717) is 16.8 Å². The molecule has 0 aromatic heterocycles. The molecule has 0 aliphatic carbocycles. The number of nitrogens with two attached hydrogens (primary N) is 1. The second-order valence-electron chi connectivity index (χ2n) is 7.52. The largest absolute Gasteiger partial charge is 0.351 e. The molecule has 3 N–H and O–H groups in total. The molecule has 2 aromatic carbocycles. The summed E-state index contributed by atoms with van der Waals surface area (Å²) in [6, 6.07) is 10.8. The van der Waals surface area contributed by atoms with Crippen LogP contribution in [0.1, 0.15) is 46.9 Å². The number of hydrogen-bond donors (Lipinski definition) is 2. The van der Waals surface area contributed by atoms with Crippen molar-refractivity contribution < 1.29 is 18.0 Å². The van der Waals surface area contributed by atoms with Crippen molar-refractivity contribution >= 4 is 33.2 Å². The zero-order valence-corrected chi connectivity index (χ0v) is 17.5. The van der Waals surface area contributed by atoms with Gasteiger partial charge in [0.2, 0.25) is 10.0 Å². The van der Waals surface area contributed by atoms with Gasteiger partial charge < -0.3 is 15.1 Å². The Balaban J connectivity index is 1.60. The molecule has 2 amide bonds. The number of rotatable bonds is 4. The summed E-state index contributed by atoms with van der Waals surface area (Å²) in [6.07, 6.45) is 3.05. The molecule has 8 nitrogen and oxygen atoms in total. The minimum atomic E-state index is -3.79. The highest BCUT2D eigenvalue weighted by atomic mass is 32.2. The van der Waals surface area contributed by atoms with Crippen molar-refractivity contribution in [3.05, 3.63) is 53.6 Å². The Kier molecular flexibility index (Phi) is 5.25. The van der Waals surface area contributed by atoms with Crippen LogP contribution in [0.25, 0.3) is 0 Å². The molecule has 1 fully saturated rings. The van der Waals surface area contributed by atoms with Crippen molar-refractivity contribution in [2.24, 2.45) is 5.14 Å². The Morgan fingerprint density at radius 1 is 1.17 bits per heavy atom. The lowest BCUT2D eigenvalue weighted by Crippen LogP contribution is -2.57. The summed E-state index contributed by atoms with van der Waals surface area (Å²) >= 11 is 0. The molecule has 9 heteroatoms. The zero-order chi connectivity index (χ0) is 21.5. The number of primary sulfonamides is 1. The van der Waals surface area contributed by atoms with Gasteiger partial charge in [0.1, 0.15) is 6.17 Å². The lowest BCUT2D eigenvalue weighted by molar-refractivity contribution is 0.0582. The van der Waals surface area contributed by atoms with Crippen LogP contribution in [0.4, 0.5) is 11.4 Å². The van der Waals surface area contributed by atoms with E-state index in [4.69, 9.17) is 5.14 Å². The fourth-order valence-electron chi connectivity index (χ4n) is 4.19. The molecule has 2 aliphatic heterocycles. The summed E-state index contributed by atoms with van der Waals surface area (Å²) in [4.78, 5) is 29.8. The van der Waals surface area contributed by atoms with E-state index in [9.17, 15) is 18.0 Å². The number of amides is 2.